The fourth-order valence-corrected chi connectivity index (χ4v) is 5.90. The second kappa shape index (κ2) is 4.82. The molecule has 112 valence electrons. The van der Waals surface area contributed by atoms with Crippen LogP contribution in [0.4, 0.5) is 0 Å². The van der Waals surface area contributed by atoms with Gasteiger partial charge in [0.1, 0.15) is 0 Å². The largest absolute Gasteiger partial charge is 0.464 e. The summed E-state index contributed by atoms with van der Waals surface area (Å²) in [5.41, 5.74) is 0.133. The van der Waals surface area contributed by atoms with Crippen molar-refractivity contribution in [2.45, 2.75) is 44.6 Å². The summed E-state index contributed by atoms with van der Waals surface area (Å²) in [6.45, 7) is 0. The van der Waals surface area contributed by atoms with Crippen LogP contribution in [0.5, 0.6) is 0 Å². The Balaban J connectivity index is 1.75. The van der Waals surface area contributed by atoms with Crippen molar-refractivity contribution in [2.24, 2.45) is 23.2 Å². The van der Waals surface area contributed by atoms with Crippen LogP contribution in [0.1, 0.15) is 44.6 Å². The smallest absolute Gasteiger partial charge is 0.376 e. The van der Waals surface area contributed by atoms with E-state index in [0.717, 1.165) is 17.8 Å². The Hall–Kier alpha value is -1.38. The highest BCUT2D eigenvalue weighted by Crippen LogP contribution is 2.63. The highest BCUT2D eigenvalue weighted by atomic mass is 16.5. The van der Waals surface area contributed by atoms with Crippen molar-refractivity contribution < 1.29 is 14.1 Å². The molecule has 4 aliphatic carbocycles. The summed E-state index contributed by atoms with van der Waals surface area (Å²) in [6, 6.07) is 5.88. The number of esters is 1. The third-order valence-electron chi connectivity index (χ3n) is 6.13. The zero-order chi connectivity index (χ0) is 14.4. The molecule has 4 aliphatic rings. The molecule has 4 saturated carbocycles. The van der Waals surface area contributed by atoms with Crippen LogP contribution in [0.2, 0.25) is 0 Å². The lowest BCUT2D eigenvalue weighted by molar-refractivity contribution is -0.727. The SMILES string of the molecule is COC(=O)C([n+]1ccccc1)C12CC3CC(CC(C3)C1)C2. The number of aromatic nitrogens is 1. The van der Waals surface area contributed by atoms with Crippen LogP contribution in [0, 0.1) is 23.2 Å². The molecule has 0 spiro atoms. The van der Waals surface area contributed by atoms with E-state index in [1.54, 1.807) is 0 Å². The number of pyridine rings is 1. The highest BCUT2D eigenvalue weighted by molar-refractivity contribution is 5.73. The molecule has 1 unspecified atom stereocenters. The van der Waals surface area contributed by atoms with Crippen LogP contribution in [-0.2, 0) is 9.53 Å². The molecule has 0 radical (unpaired) electrons. The first kappa shape index (κ1) is 13.3. The summed E-state index contributed by atoms with van der Waals surface area (Å²) in [5.74, 6) is 2.46. The van der Waals surface area contributed by atoms with Crippen LogP contribution in [0.25, 0.3) is 0 Å². The molecule has 1 aromatic rings. The lowest BCUT2D eigenvalue weighted by Crippen LogP contribution is -2.59. The van der Waals surface area contributed by atoms with E-state index in [1.807, 2.05) is 30.6 Å². The van der Waals surface area contributed by atoms with Crippen LogP contribution in [0.3, 0.4) is 0 Å². The Bertz CT molecular complexity index is 504. The molecule has 3 heteroatoms. The van der Waals surface area contributed by atoms with E-state index < -0.39 is 0 Å². The standard InChI is InChI=1S/C18H24NO2/c1-21-17(20)16(19-5-3-2-4-6-19)18-10-13-7-14(11-18)9-15(8-13)12-18/h2-6,13-16H,7-12H2,1H3/q+1. The summed E-state index contributed by atoms with van der Waals surface area (Å²) < 4.78 is 7.29. The summed E-state index contributed by atoms with van der Waals surface area (Å²) >= 11 is 0. The Kier molecular flexibility index (Phi) is 3.05. The number of carbonyl (C=O) groups excluding carboxylic acids is 1. The van der Waals surface area contributed by atoms with Crippen LogP contribution in [-0.4, -0.2) is 13.1 Å². The van der Waals surface area contributed by atoms with Gasteiger partial charge < -0.3 is 4.74 Å². The van der Waals surface area contributed by atoms with Gasteiger partial charge in [-0.15, -0.1) is 0 Å². The van der Waals surface area contributed by atoms with Gasteiger partial charge in [0.2, 0.25) is 0 Å². The predicted molar refractivity (Wildman–Crippen MR) is 78.3 cm³/mol. The molecule has 3 nitrogen and oxygen atoms in total. The summed E-state index contributed by atoms with van der Waals surface area (Å²) in [4.78, 5) is 12.6. The van der Waals surface area contributed by atoms with Crippen molar-refractivity contribution in [3.8, 4) is 0 Å². The van der Waals surface area contributed by atoms with Gasteiger partial charge in [0.05, 0.1) is 7.11 Å². The van der Waals surface area contributed by atoms with Crippen LogP contribution < -0.4 is 4.57 Å². The quantitative estimate of drug-likeness (QED) is 0.632. The fourth-order valence-electron chi connectivity index (χ4n) is 5.90. The minimum absolute atomic E-state index is 0.0619. The number of methoxy groups -OCH3 is 1. The van der Waals surface area contributed by atoms with Gasteiger partial charge in [0.25, 0.3) is 6.04 Å². The molecule has 0 amide bonds. The third kappa shape index (κ3) is 2.09. The molecular formula is C18H24NO2+. The van der Waals surface area contributed by atoms with Crippen molar-refractivity contribution in [2.75, 3.05) is 7.11 Å². The maximum Gasteiger partial charge on any atom is 0.376 e. The van der Waals surface area contributed by atoms with E-state index in [9.17, 15) is 4.79 Å². The van der Waals surface area contributed by atoms with E-state index in [1.165, 1.54) is 45.6 Å². The molecule has 0 N–H and O–H groups in total. The van der Waals surface area contributed by atoms with Gasteiger partial charge in [-0.2, -0.15) is 4.57 Å². The van der Waals surface area contributed by atoms with E-state index in [2.05, 4.69) is 4.57 Å². The molecule has 1 aromatic heterocycles. The number of nitrogens with zero attached hydrogens (tertiary/aromatic N) is 1. The normalized spacial score (nSPS) is 38.2. The average molecular weight is 286 g/mol. The van der Waals surface area contributed by atoms with Gasteiger partial charge >= 0.3 is 5.97 Å². The van der Waals surface area contributed by atoms with Gasteiger partial charge in [-0.3, -0.25) is 0 Å². The van der Waals surface area contributed by atoms with E-state index in [-0.39, 0.29) is 17.4 Å². The minimum Gasteiger partial charge on any atom is -0.464 e. The molecule has 21 heavy (non-hydrogen) atoms. The highest BCUT2D eigenvalue weighted by Gasteiger charge is 2.60. The number of carbonyl (C=O) groups is 1. The Morgan fingerprint density at radius 1 is 1.05 bits per heavy atom. The number of ether oxygens (including phenoxy) is 1. The molecule has 5 rings (SSSR count). The van der Waals surface area contributed by atoms with Crippen LogP contribution in [0.15, 0.2) is 30.6 Å². The Labute approximate surface area is 126 Å². The van der Waals surface area contributed by atoms with E-state index >= 15 is 0 Å². The molecular weight excluding hydrogens is 262 g/mol. The van der Waals surface area contributed by atoms with Crippen molar-refractivity contribution >= 4 is 5.97 Å². The first-order valence-corrected chi connectivity index (χ1v) is 8.24. The van der Waals surface area contributed by atoms with Crippen molar-refractivity contribution in [3.05, 3.63) is 30.6 Å². The Morgan fingerprint density at radius 3 is 2.05 bits per heavy atom. The van der Waals surface area contributed by atoms with Crippen molar-refractivity contribution in [3.63, 3.8) is 0 Å². The predicted octanol–water partition coefficient (Wildman–Crippen LogP) is 2.90. The fraction of sp³-hybridized carbons (Fsp3) is 0.667. The average Bonchev–Trinajstić information content (AvgIpc) is 2.46. The van der Waals surface area contributed by atoms with Crippen LogP contribution >= 0.6 is 0 Å². The molecule has 4 fully saturated rings. The molecule has 1 atom stereocenters. The first-order chi connectivity index (χ1) is 10.2. The zero-order valence-electron chi connectivity index (χ0n) is 12.7. The van der Waals surface area contributed by atoms with Gasteiger partial charge in [0.15, 0.2) is 12.4 Å². The summed E-state index contributed by atoms with van der Waals surface area (Å²) in [7, 11) is 1.53. The molecule has 1 heterocycles. The zero-order valence-corrected chi connectivity index (χ0v) is 12.7. The number of rotatable bonds is 3. The lowest BCUT2D eigenvalue weighted by atomic mass is 9.47. The maximum atomic E-state index is 12.6. The first-order valence-electron chi connectivity index (χ1n) is 8.24. The number of hydrogen-bond acceptors (Lipinski definition) is 2. The molecule has 0 saturated heterocycles. The second-order valence-corrected chi connectivity index (χ2v) is 7.53. The topological polar surface area (TPSA) is 30.2 Å². The van der Waals surface area contributed by atoms with Gasteiger partial charge in [0, 0.05) is 17.5 Å². The molecule has 4 bridgehead atoms. The van der Waals surface area contributed by atoms with E-state index in [4.69, 9.17) is 4.74 Å². The monoisotopic (exact) mass is 286 g/mol. The van der Waals surface area contributed by atoms with Gasteiger partial charge in [-0.05, 0) is 56.3 Å². The van der Waals surface area contributed by atoms with E-state index in [0.29, 0.717) is 0 Å². The maximum absolute atomic E-state index is 12.6. The van der Waals surface area contributed by atoms with Gasteiger partial charge in [-0.1, -0.05) is 6.07 Å². The second-order valence-electron chi connectivity index (χ2n) is 7.53. The Morgan fingerprint density at radius 2 is 1.57 bits per heavy atom. The van der Waals surface area contributed by atoms with Crippen molar-refractivity contribution in [1.82, 2.24) is 0 Å². The minimum atomic E-state index is -0.142. The third-order valence-corrected chi connectivity index (χ3v) is 6.13. The lowest BCUT2D eigenvalue weighted by Gasteiger charge is -2.56. The summed E-state index contributed by atoms with van der Waals surface area (Å²) in [5, 5.41) is 0. The van der Waals surface area contributed by atoms with Crippen molar-refractivity contribution in [1.29, 1.82) is 0 Å². The molecule has 0 aromatic carbocycles. The molecule has 0 aliphatic heterocycles. The number of hydrogen-bond donors (Lipinski definition) is 0. The van der Waals surface area contributed by atoms with Gasteiger partial charge in [-0.25, -0.2) is 4.79 Å². The summed E-state index contributed by atoms with van der Waals surface area (Å²) in [6.07, 6.45) is 11.9.